The lowest BCUT2D eigenvalue weighted by Crippen LogP contribution is -2.10. The summed E-state index contributed by atoms with van der Waals surface area (Å²) in [6.07, 6.45) is 3.61. The Bertz CT molecular complexity index is 391. The Kier molecular flexibility index (Phi) is 2.65. The van der Waals surface area contributed by atoms with Crippen LogP contribution in [-0.2, 0) is 0 Å². The van der Waals surface area contributed by atoms with Gasteiger partial charge in [-0.3, -0.25) is 0 Å². The van der Waals surface area contributed by atoms with Crippen molar-refractivity contribution in [3.8, 4) is 11.4 Å². The average Bonchev–Trinajstić information content (AvgIpc) is 2.86. The van der Waals surface area contributed by atoms with Gasteiger partial charge in [0.05, 0.1) is 0 Å². The van der Waals surface area contributed by atoms with Gasteiger partial charge in [0, 0.05) is 34.3 Å². The topological polar surface area (TPSA) is 40.7 Å². The molecule has 14 heavy (non-hydrogen) atoms. The molecular formula is C10H13N3S. The Morgan fingerprint density at radius 2 is 2.43 bits per heavy atom. The summed E-state index contributed by atoms with van der Waals surface area (Å²) in [5.41, 5.74) is 1.16. The molecule has 0 aliphatic rings. The summed E-state index contributed by atoms with van der Waals surface area (Å²) in [4.78, 5) is 8.65. The van der Waals surface area contributed by atoms with Crippen molar-refractivity contribution in [1.29, 1.82) is 0 Å². The smallest absolute Gasteiger partial charge is 0.138 e. The van der Waals surface area contributed by atoms with Gasteiger partial charge in [-0.2, -0.15) is 0 Å². The van der Waals surface area contributed by atoms with Crippen LogP contribution in [0.5, 0.6) is 0 Å². The van der Waals surface area contributed by atoms with Crippen molar-refractivity contribution < 1.29 is 0 Å². The molecule has 74 valence electrons. The monoisotopic (exact) mass is 207 g/mol. The van der Waals surface area contributed by atoms with Gasteiger partial charge >= 0.3 is 0 Å². The van der Waals surface area contributed by atoms with Gasteiger partial charge < -0.3 is 10.3 Å². The minimum atomic E-state index is 0.406. The lowest BCUT2D eigenvalue weighted by Gasteiger charge is -2.05. The zero-order chi connectivity index (χ0) is 9.97. The van der Waals surface area contributed by atoms with E-state index >= 15 is 0 Å². The van der Waals surface area contributed by atoms with E-state index in [0.717, 1.165) is 11.4 Å². The van der Waals surface area contributed by atoms with E-state index in [1.807, 2.05) is 13.2 Å². The van der Waals surface area contributed by atoms with Crippen LogP contribution < -0.4 is 5.32 Å². The zero-order valence-corrected chi connectivity index (χ0v) is 9.06. The number of aromatic nitrogens is 2. The molecule has 0 saturated carbocycles. The molecule has 0 fully saturated rings. The van der Waals surface area contributed by atoms with Crippen LogP contribution in [-0.4, -0.2) is 17.0 Å². The highest BCUT2D eigenvalue weighted by atomic mass is 32.1. The quantitative estimate of drug-likeness (QED) is 0.811. The van der Waals surface area contributed by atoms with Crippen molar-refractivity contribution in [3.05, 3.63) is 28.7 Å². The molecule has 0 aliphatic heterocycles. The minimum Gasteiger partial charge on any atom is -0.345 e. The molecule has 2 aromatic heterocycles. The van der Waals surface area contributed by atoms with Crippen LogP contribution in [0.1, 0.15) is 17.8 Å². The number of hydrogen-bond acceptors (Lipinski definition) is 3. The van der Waals surface area contributed by atoms with E-state index in [0.29, 0.717) is 6.04 Å². The number of thiophene rings is 1. The van der Waals surface area contributed by atoms with Gasteiger partial charge in [0.15, 0.2) is 0 Å². The second kappa shape index (κ2) is 3.94. The summed E-state index contributed by atoms with van der Waals surface area (Å²) in [6, 6.07) is 2.58. The third-order valence-corrected chi connectivity index (χ3v) is 3.37. The molecule has 4 heteroatoms. The van der Waals surface area contributed by atoms with Crippen molar-refractivity contribution in [1.82, 2.24) is 15.3 Å². The van der Waals surface area contributed by atoms with Gasteiger partial charge in [-0.1, -0.05) is 0 Å². The number of nitrogens with zero attached hydrogens (tertiary/aromatic N) is 1. The van der Waals surface area contributed by atoms with Crippen molar-refractivity contribution >= 4 is 11.3 Å². The molecule has 0 radical (unpaired) electrons. The second-order valence-corrected chi connectivity index (χ2v) is 4.13. The van der Waals surface area contributed by atoms with Gasteiger partial charge in [-0.05, 0) is 20.0 Å². The Labute approximate surface area is 87.2 Å². The molecule has 0 spiro atoms. The predicted octanol–water partition coefficient (Wildman–Crippen LogP) is 2.42. The molecule has 0 saturated heterocycles. The zero-order valence-electron chi connectivity index (χ0n) is 8.24. The fourth-order valence-electron chi connectivity index (χ4n) is 1.27. The standard InChI is InChI=1S/C10H13N3S/c1-7(11-2)9-5-8(6-14-9)10-12-3-4-13-10/h3-7,11H,1-2H3,(H,12,13)/t7-/m1/s1. The highest BCUT2D eigenvalue weighted by Crippen LogP contribution is 2.26. The molecule has 2 rings (SSSR count). The van der Waals surface area contributed by atoms with Gasteiger partial charge in [-0.25, -0.2) is 4.98 Å². The predicted molar refractivity (Wildman–Crippen MR) is 59.4 cm³/mol. The van der Waals surface area contributed by atoms with E-state index in [2.05, 4.69) is 33.7 Å². The number of rotatable bonds is 3. The Morgan fingerprint density at radius 1 is 1.57 bits per heavy atom. The lowest BCUT2D eigenvalue weighted by molar-refractivity contribution is 0.664. The number of H-pyrrole nitrogens is 1. The van der Waals surface area contributed by atoms with Gasteiger partial charge in [0.25, 0.3) is 0 Å². The highest BCUT2D eigenvalue weighted by molar-refractivity contribution is 7.10. The second-order valence-electron chi connectivity index (χ2n) is 3.19. The first-order valence-electron chi connectivity index (χ1n) is 4.56. The summed E-state index contributed by atoms with van der Waals surface area (Å²) < 4.78 is 0. The van der Waals surface area contributed by atoms with E-state index in [1.165, 1.54) is 4.88 Å². The molecule has 0 aliphatic carbocycles. The molecule has 2 aromatic rings. The summed E-state index contributed by atoms with van der Waals surface area (Å²) >= 11 is 1.76. The van der Waals surface area contributed by atoms with Crippen LogP contribution in [0.15, 0.2) is 23.8 Å². The van der Waals surface area contributed by atoms with Crippen LogP contribution in [0.25, 0.3) is 11.4 Å². The van der Waals surface area contributed by atoms with E-state index in [-0.39, 0.29) is 0 Å². The van der Waals surface area contributed by atoms with Crippen LogP contribution in [0.3, 0.4) is 0 Å². The molecule has 0 aromatic carbocycles. The Morgan fingerprint density at radius 3 is 3.07 bits per heavy atom. The normalized spacial score (nSPS) is 13.0. The molecule has 3 nitrogen and oxygen atoms in total. The molecule has 2 heterocycles. The maximum absolute atomic E-state index is 4.22. The third-order valence-electron chi connectivity index (χ3n) is 2.25. The Balaban J connectivity index is 2.26. The fourth-order valence-corrected chi connectivity index (χ4v) is 2.23. The number of aromatic amines is 1. The highest BCUT2D eigenvalue weighted by Gasteiger charge is 2.08. The summed E-state index contributed by atoms with van der Waals surface area (Å²) in [5.74, 6) is 0.941. The molecule has 0 bridgehead atoms. The van der Waals surface area contributed by atoms with E-state index in [4.69, 9.17) is 0 Å². The summed E-state index contributed by atoms with van der Waals surface area (Å²) in [7, 11) is 1.97. The van der Waals surface area contributed by atoms with Crippen molar-refractivity contribution in [3.63, 3.8) is 0 Å². The molecular weight excluding hydrogens is 194 g/mol. The molecule has 2 N–H and O–H groups in total. The summed E-state index contributed by atoms with van der Waals surface area (Å²) in [6.45, 7) is 2.15. The molecule has 1 atom stereocenters. The Hall–Kier alpha value is -1.13. The third kappa shape index (κ3) is 1.71. The van der Waals surface area contributed by atoms with E-state index < -0.39 is 0 Å². The van der Waals surface area contributed by atoms with Crippen molar-refractivity contribution in [2.24, 2.45) is 0 Å². The molecule has 0 amide bonds. The SMILES string of the molecule is CN[C@H](C)c1cc(-c2ncc[nH]2)cs1. The number of hydrogen-bond donors (Lipinski definition) is 2. The summed E-state index contributed by atoms with van der Waals surface area (Å²) in [5, 5.41) is 5.35. The van der Waals surface area contributed by atoms with Gasteiger partial charge in [-0.15, -0.1) is 11.3 Å². The average molecular weight is 207 g/mol. The maximum atomic E-state index is 4.22. The van der Waals surface area contributed by atoms with Crippen LogP contribution in [0, 0.1) is 0 Å². The van der Waals surface area contributed by atoms with Crippen molar-refractivity contribution in [2.45, 2.75) is 13.0 Å². The lowest BCUT2D eigenvalue weighted by atomic mass is 10.2. The van der Waals surface area contributed by atoms with Crippen LogP contribution in [0.4, 0.5) is 0 Å². The minimum absolute atomic E-state index is 0.406. The largest absolute Gasteiger partial charge is 0.345 e. The molecule has 0 unspecified atom stereocenters. The first-order chi connectivity index (χ1) is 6.81. The van der Waals surface area contributed by atoms with E-state index in [9.17, 15) is 0 Å². The maximum Gasteiger partial charge on any atom is 0.138 e. The fraction of sp³-hybridized carbons (Fsp3) is 0.300. The number of imidazole rings is 1. The first-order valence-corrected chi connectivity index (χ1v) is 5.44. The van der Waals surface area contributed by atoms with Crippen LogP contribution >= 0.6 is 11.3 Å². The van der Waals surface area contributed by atoms with E-state index in [1.54, 1.807) is 17.5 Å². The van der Waals surface area contributed by atoms with Gasteiger partial charge in [0.2, 0.25) is 0 Å². The first kappa shape index (κ1) is 9.43. The van der Waals surface area contributed by atoms with Gasteiger partial charge in [0.1, 0.15) is 5.82 Å². The van der Waals surface area contributed by atoms with Crippen molar-refractivity contribution in [2.75, 3.05) is 7.05 Å². The number of nitrogens with one attached hydrogen (secondary N) is 2. The van der Waals surface area contributed by atoms with Crippen LogP contribution in [0.2, 0.25) is 0 Å².